The fourth-order valence-corrected chi connectivity index (χ4v) is 5.76. The lowest BCUT2D eigenvalue weighted by Crippen LogP contribution is -2.37. The van der Waals surface area contributed by atoms with Crippen LogP contribution in [0, 0.1) is 11.8 Å². The van der Waals surface area contributed by atoms with Crippen LogP contribution in [0.15, 0.2) is 18.2 Å². The molecule has 0 bridgehead atoms. The maximum atomic E-state index is 13.2. The van der Waals surface area contributed by atoms with Crippen molar-refractivity contribution in [3.05, 3.63) is 35.0 Å². The first kappa shape index (κ1) is 21.0. The van der Waals surface area contributed by atoms with E-state index in [2.05, 4.69) is 46.4 Å². The first-order chi connectivity index (χ1) is 15.1. The Kier molecular flexibility index (Phi) is 6.07. The normalized spacial score (nSPS) is 22.9. The van der Waals surface area contributed by atoms with Crippen LogP contribution in [0.4, 0.5) is 0 Å². The Hall–Kier alpha value is -1.85. The molecule has 5 nitrogen and oxygen atoms in total. The van der Waals surface area contributed by atoms with Crippen molar-refractivity contribution in [1.29, 1.82) is 0 Å². The van der Waals surface area contributed by atoms with Crippen LogP contribution in [0.1, 0.15) is 61.1 Å². The van der Waals surface area contributed by atoms with Crippen molar-refractivity contribution >= 4 is 16.8 Å². The highest BCUT2D eigenvalue weighted by molar-refractivity contribution is 5.99. The number of piperidine rings is 1. The lowest BCUT2D eigenvalue weighted by Gasteiger charge is -2.30. The zero-order valence-corrected chi connectivity index (χ0v) is 19.2. The molecule has 0 spiro atoms. The van der Waals surface area contributed by atoms with Crippen LogP contribution < -0.4 is 0 Å². The minimum absolute atomic E-state index is 0.210. The molecule has 168 valence electrons. The molecule has 4 heterocycles. The molecule has 1 unspecified atom stereocenters. The minimum atomic E-state index is 0.210. The molecule has 3 aliphatic rings. The number of carbonyl (C=O) groups excluding carboxylic acids is 1. The zero-order chi connectivity index (χ0) is 21.4. The van der Waals surface area contributed by atoms with Crippen LogP contribution in [0.3, 0.4) is 0 Å². The number of aromatic nitrogens is 1. The number of hydrogen-bond acceptors (Lipinski definition) is 3. The maximum Gasteiger partial charge on any atom is 0.253 e. The number of amides is 1. The molecule has 2 aromatic rings. The average molecular weight is 424 g/mol. The second-order valence-electron chi connectivity index (χ2n) is 10.00. The van der Waals surface area contributed by atoms with E-state index in [9.17, 15) is 4.79 Å². The molecule has 0 saturated carbocycles. The molecule has 1 atom stereocenters. The molecule has 5 rings (SSSR count). The number of ether oxygens (including phenoxy) is 1. The lowest BCUT2D eigenvalue weighted by atomic mass is 9.98. The maximum absolute atomic E-state index is 13.2. The highest BCUT2D eigenvalue weighted by Crippen LogP contribution is 2.33. The van der Waals surface area contributed by atoms with Crippen molar-refractivity contribution in [2.75, 3.05) is 39.4 Å². The van der Waals surface area contributed by atoms with E-state index in [1.54, 1.807) is 0 Å². The zero-order valence-electron chi connectivity index (χ0n) is 19.2. The molecule has 1 aromatic carbocycles. The molecule has 0 aliphatic carbocycles. The van der Waals surface area contributed by atoms with Gasteiger partial charge in [0, 0.05) is 74.5 Å². The number of hydrogen-bond donors (Lipinski definition) is 0. The molecule has 2 saturated heterocycles. The van der Waals surface area contributed by atoms with Crippen LogP contribution >= 0.6 is 0 Å². The van der Waals surface area contributed by atoms with Gasteiger partial charge in [0.2, 0.25) is 0 Å². The van der Waals surface area contributed by atoms with Crippen molar-refractivity contribution in [3.8, 4) is 0 Å². The van der Waals surface area contributed by atoms with Gasteiger partial charge in [0.1, 0.15) is 0 Å². The predicted molar refractivity (Wildman–Crippen MR) is 124 cm³/mol. The molecular formula is C26H37N3O2. The summed E-state index contributed by atoms with van der Waals surface area (Å²) in [6, 6.07) is 6.47. The lowest BCUT2D eigenvalue weighted by molar-refractivity contribution is 0.0697. The van der Waals surface area contributed by atoms with E-state index in [-0.39, 0.29) is 5.91 Å². The summed E-state index contributed by atoms with van der Waals surface area (Å²) in [6.07, 6.45) is 5.66. The Morgan fingerprint density at radius 2 is 2.00 bits per heavy atom. The second kappa shape index (κ2) is 8.95. The molecular weight excluding hydrogens is 386 g/mol. The quantitative estimate of drug-likeness (QED) is 0.719. The molecule has 1 amide bonds. The van der Waals surface area contributed by atoms with Crippen molar-refractivity contribution in [2.24, 2.45) is 11.8 Å². The van der Waals surface area contributed by atoms with Gasteiger partial charge in [0.05, 0.1) is 6.61 Å². The molecule has 31 heavy (non-hydrogen) atoms. The fraction of sp³-hybridized carbons (Fsp3) is 0.654. The Morgan fingerprint density at radius 3 is 2.74 bits per heavy atom. The van der Waals surface area contributed by atoms with Gasteiger partial charge in [-0.25, -0.2) is 0 Å². The fourth-order valence-electron chi connectivity index (χ4n) is 5.76. The molecule has 3 aliphatic heterocycles. The Bertz CT molecular complexity index is 936. The van der Waals surface area contributed by atoms with E-state index in [0.29, 0.717) is 5.92 Å². The van der Waals surface area contributed by atoms with Gasteiger partial charge in [0.15, 0.2) is 0 Å². The third-order valence-corrected chi connectivity index (χ3v) is 7.64. The Balaban J connectivity index is 1.45. The first-order valence-corrected chi connectivity index (χ1v) is 12.4. The molecule has 0 N–H and O–H groups in total. The third-order valence-electron chi connectivity index (χ3n) is 7.64. The SMILES string of the molecule is CCCn1c2c(c3cc(C(=O)N4CCC(C)CC4)ccc31)CN(CC1CCOC1)CC2. The monoisotopic (exact) mass is 423 g/mol. The molecule has 5 heteroatoms. The average Bonchev–Trinajstić information content (AvgIpc) is 3.40. The second-order valence-corrected chi connectivity index (χ2v) is 10.00. The summed E-state index contributed by atoms with van der Waals surface area (Å²) in [5.74, 6) is 1.61. The van der Waals surface area contributed by atoms with Crippen molar-refractivity contribution in [1.82, 2.24) is 14.4 Å². The Labute approximate surface area is 186 Å². The van der Waals surface area contributed by atoms with Crippen LogP contribution in [0.25, 0.3) is 10.9 Å². The van der Waals surface area contributed by atoms with Gasteiger partial charge in [-0.15, -0.1) is 0 Å². The highest BCUT2D eigenvalue weighted by Gasteiger charge is 2.28. The largest absolute Gasteiger partial charge is 0.381 e. The summed E-state index contributed by atoms with van der Waals surface area (Å²) in [7, 11) is 0. The number of fused-ring (bicyclic) bond motifs is 3. The van der Waals surface area contributed by atoms with Gasteiger partial charge in [-0.2, -0.15) is 0 Å². The van der Waals surface area contributed by atoms with Gasteiger partial charge in [-0.3, -0.25) is 9.69 Å². The van der Waals surface area contributed by atoms with Crippen LogP contribution in [-0.2, 0) is 24.2 Å². The van der Waals surface area contributed by atoms with E-state index >= 15 is 0 Å². The number of likely N-dealkylation sites (tertiary alicyclic amines) is 1. The molecule has 1 aromatic heterocycles. The Morgan fingerprint density at radius 1 is 1.16 bits per heavy atom. The summed E-state index contributed by atoms with van der Waals surface area (Å²) >= 11 is 0. The first-order valence-electron chi connectivity index (χ1n) is 12.4. The van der Waals surface area contributed by atoms with Gasteiger partial charge >= 0.3 is 0 Å². The predicted octanol–water partition coefficient (Wildman–Crippen LogP) is 4.32. The topological polar surface area (TPSA) is 37.7 Å². The summed E-state index contributed by atoms with van der Waals surface area (Å²) in [5, 5.41) is 1.30. The van der Waals surface area contributed by atoms with Crippen LogP contribution in [0.2, 0.25) is 0 Å². The van der Waals surface area contributed by atoms with Gasteiger partial charge in [0.25, 0.3) is 5.91 Å². The number of carbonyl (C=O) groups is 1. The molecule has 2 fully saturated rings. The van der Waals surface area contributed by atoms with Crippen molar-refractivity contribution in [3.63, 3.8) is 0 Å². The summed E-state index contributed by atoms with van der Waals surface area (Å²) in [5.41, 5.74) is 5.12. The standard InChI is InChI=1S/C26H37N3O2/c1-3-10-29-24-5-4-21(26(30)28-12-6-19(2)7-13-28)15-22(24)23-17-27(11-8-25(23)29)16-20-9-14-31-18-20/h4-5,15,19-20H,3,6-14,16-18H2,1-2H3. The summed E-state index contributed by atoms with van der Waals surface area (Å²) in [6.45, 7) is 12.5. The highest BCUT2D eigenvalue weighted by atomic mass is 16.5. The van der Waals surface area contributed by atoms with Crippen LogP contribution in [0.5, 0.6) is 0 Å². The van der Waals surface area contributed by atoms with Gasteiger partial charge in [-0.05, 0) is 61.3 Å². The van der Waals surface area contributed by atoms with Gasteiger partial charge in [-0.1, -0.05) is 13.8 Å². The van der Waals surface area contributed by atoms with Crippen molar-refractivity contribution in [2.45, 2.75) is 59.0 Å². The summed E-state index contributed by atoms with van der Waals surface area (Å²) < 4.78 is 8.13. The van der Waals surface area contributed by atoms with E-state index in [1.165, 1.54) is 28.6 Å². The number of nitrogens with zero attached hydrogens (tertiary/aromatic N) is 3. The van der Waals surface area contributed by atoms with E-state index in [4.69, 9.17) is 4.74 Å². The number of benzene rings is 1. The van der Waals surface area contributed by atoms with E-state index in [1.807, 2.05) is 0 Å². The summed E-state index contributed by atoms with van der Waals surface area (Å²) in [4.78, 5) is 17.9. The van der Waals surface area contributed by atoms with E-state index < -0.39 is 0 Å². The van der Waals surface area contributed by atoms with Crippen LogP contribution in [-0.4, -0.2) is 59.7 Å². The van der Waals surface area contributed by atoms with Crippen molar-refractivity contribution < 1.29 is 9.53 Å². The minimum Gasteiger partial charge on any atom is -0.381 e. The molecule has 0 radical (unpaired) electrons. The third kappa shape index (κ3) is 4.14. The van der Waals surface area contributed by atoms with Gasteiger partial charge < -0.3 is 14.2 Å². The number of aryl methyl sites for hydroxylation is 1. The number of rotatable bonds is 5. The van der Waals surface area contributed by atoms with E-state index in [0.717, 1.165) is 89.6 Å². The smallest absolute Gasteiger partial charge is 0.253 e.